The highest BCUT2D eigenvalue weighted by molar-refractivity contribution is 7.10. The summed E-state index contributed by atoms with van der Waals surface area (Å²) in [5.74, 6) is -0.617. The molecule has 0 aliphatic carbocycles. The van der Waals surface area contributed by atoms with E-state index in [1.807, 2.05) is 23.7 Å². The van der Waals surface area contributed by atoms with Crippen LogP contribution in [0.1, 0.15) is 17.4 Å². The van der Waals surface area contributed by atoms with Crippen molar-refractivity contribution in [3.63, 3.8) is 0 Å². The molecule has 0 spiro atoms. The first-order chi connectivity index (χ1) is 8.70. The lowest BCUT2D eigenvalue weighted by Gasteiger charge is -2.24. The van der Waals surface area contributed by atoms with Gasteiger partial charge in [-0.15, -0.1) is 11.3 Å². The number of nitrogens with zero attached hydrogens (tertiary/aromatic N) is 1. The highest BCUT2D eigenvalue weighted by atomic mass is 32.1. The van der Waals surface area contributed by atoms with Crippen molar-refractivity contribution in [3.05, 3.63) is 21.9 Å². The molecular weight excluding hydrogens is 277 g/mol. The lowest BCUT2D eigenvalue weighted by Crippen LogP contribution is -2.45. The summed E-state index contributed by atoms with van der Waals surface area (Å²) in [4.78, 5) is 14.4. The Labute approximate surface area is 114 Å². The van der Waals surface area contributed by atoms with Crippen LogP contribution in [0.25, 0.3) is 0 Å². The number of rotatable bonds is 5. The summed E-state index contributed by atoms with van der Waals surface area (Å²) in [5.41, 5.74) is 1.12. The fourth-order valence-corrected chi connectivity index (χ4v) is 2.43. The van der Waals surface area contributed by atoms with Crippen molar-refractivity contribution < 1.29 is 18.0 Å². The molecule has 0 aromatic carbocycles. The van der Waals surface area contributed by atoms with Gasteiger partial charge in [0.2, 0.25) is 5.91 Å². The lowest BCUT2D eigenvalue weighted by atomic mass is 10.2. The van der Waals surface area contributed by atoms with E-state index in [9.17, 15) is 18.0 Å². The van der Waals surface area contributed by atoms with Crippen LogP contribution in [0, 0.1) is 6.92 Å². The Hall–Kier alpha value is -1.08. The molecule has 3 nitrogen and oxygen atoms in total. The van der Waals surface area contributed by atoms with Crippen LogP contribution < -0.4 is 5.32 Å². The third-order valence-electron chi connectivity index (χ3n) is 2.86. The van der Waals surface area contributed by atoms with Gasteiger partial charge >= 0.3 is 6.18 Å². The Morgan fingerprint density at radius 1 is 1.53 bits per heavy atom. The summed E-state index contributed by atoms with van der Waals surface area (Å²) in [5, 5.41) is 3.85. The average molecular weight is 294 g/mol. The number of likely N-dealkylation sites (N-methyl/N-ethyl adjacent to an activating group) is 1. The van der Waals surface area contributed by atoms with Crippen LogP contribution in [0.2, 0.25) is 0 Å². The summed E-state index contributed by atoms with van der Waals surface area (Å²) in [6.45, 7) is 2.81. The topological polar surface area (TPSA) is 32.3 Å². The molecule has 1 atom stereocenters. The molecule has 0 saturated carbocycles. The third-order valence-corrected chi connectivity index (χ3v) is 3.87. The van der Waals surface area contributed by atoms with E-state index >= 15 is 0 Å². The van der Waals surface area contributed by atoms with E-state index in [1.165, 1.54) is 0 Å². The second-order valence-electron chi connectivity index (χ2n) is 4.45. The third kappa shape index (κ3) is 5.20. The molecule has 7 heteroatoms. The minimum atomic E-state index is -4.38. The smallest absolute Gasteiger partial charge is 0.346 e. The number of halogens is 3. The number of aryl methyl sites for hydroxylation is 1. The van der Waals surface area contributed by atoms with Gasteiger partial charge in [-0.1, -0.05) is 0 Å². The monoisotopic (exact) mass is 294 g/mol. The number of hydrogen-bond donors (Lipinski definition) is 1. The number of hydrogen-bond acceptors (Lipinski definition) is 3. The van der Waals surface area contributed by atoms with Gasteiger partial charge in [0.05, 0.1) is 6.04 Å². The van der Waals surface area contributed by atoms with E-state index in [-0.39, 0.29) is 0 Å². The molecule has 1 aromatic rings. The molecular formula is C12H17F3N2OS. The van der Waals surface area contributed by atoms with Gasteiger partial charge in [-0.05, 0) is 37.9 Å². The Kier molecular flexibility index (Phi) is 5.37. The maximum atomic E-state index is 12.0. The molecule has 0 fully saturated rings. The second kappa shape index (κ2) is 6.38. The van der Waals surface area contributed by atoms with Crippen molar-refractivity contribution in [2.24, 2.45) is 0 Å². The standard InChI is InChI=1S/C12H17F3N2OS/c1-8-4-5-19-10(8)6-17(3)9(2)11(18)16-7-12(13,14)15/h4-5,9H,6-7H2,1-3H3,(H,16,18). The van der Waals surface area contributed by atoms with Crippen LogP contribution in [-0.4, -0.2) is 36.6 Å². The first-order valence-corrected chi connectivity index (χ1v) is 6.66. The van der Waals surface area contributed by atoms with Crippen LogP contribution in [0.5, 0.6) is 0 Å². The van der Waals surface area contributed by atoms with Crippen molar-refractivity contribution in [2.45, 2.75) is 32.6 Å². The normalized spacial score (nSPS) is 13.6. The Balaban J connectivity index is 2.50. The van der Waals surface area contributed by atoms with Crippen LogP contribution >= 0.6 is 11.3 Å². The van der Waals surface area contributed by atoms with Crippen molar-refractivity contribution in [1.29, 1.82) is 0 Å². The number of carbonyl (C=O) groups is 1. The van der Waals surface area contributed by atoms with E-state index < -0.39 is 24.7 Å². The zero-order chi connectivity index (χ0) is 14.6. The first-order valence-electron chi connectivity index (χ1n) is 5.78. The van der Waals surface area contributed by atoms with Crippen molar-refractivity contribution in [2.75, 3.05) is 13.6 Å². The number of amides is 1. The molecule has 1 aromatic heterocycles. The quantitative estimate of drug-likeness (QED) is 0.905. The minimum absolute atomic E-state index is 0.546. The van der Waals surface area contributed by atoms with Crippen LogP contribution in [0.4, 0.5) is 13.2 Å². The molecule has 1 unspecified atom stereocenters. The van der Waals surface area contributed by atoms with Crippen LogP contribution in [0.15, 0.2) is 11.4 Å². The number of thiophene rings is 1. The van der Waals surface area contributed by atoms with E-state index in [2.05, 4.69) is 0 Å². The molecule has 19 heavy (non-hydrogen) atoms. The Morgan fingerprint density at radius 3 is 2.63 bits per heavy atom. The predicted octanol–water partition coefficient (Wildman–Crippen LogP) is 2.56. The molecule has 1 amide bonds. The fourth-order valence-electron chi connectivity index (χ4n) is 1.46. The van der Waals surface area contributed by atoms with Gasteiger partial charge in [-0.3, -0.25) is 9.69 Å². The molecule has 1 heterocycles. The SMILES string of the molecule is Cc1ccsc1CN(C)C(C)C(=O)NCC(F)(F)F. The minimum Gasteiger partial charge on any atom is -0.346 e. The maximum absolute atomic E-state index is 12.0. The number of carbonyl (C=O) groups excluding carboxylic acids is 1. The molecule has 0 aliphatic heterocycles. The average Bonchev–Trinajstić information content (AvgIpc) is 2.70. The van der Waals surface area contributed by atoms with Gasteiger partial charge in [-0.2, -0.15) is 13.2 Å². The predicted molar refractivity (Wildman–Crippen MR) is 69.0 cm³/mol. The summed E-state index contributed by atoms with van der Waals surface area (Å²) >= 11 is 1.57. The molecule has 0 bridgehead atoms. The fraction of sp³-hybridized carbons (Fsp3) is 0.583. The Morgan fingerprint density at radius 2 is 2.16 bits per heavy atom. The lowest BCUT2D eigenvalue weighted by molar-refractivity contribution is -0.141. The molecule has 1 rings (SSSR count). The van der Waals surface area contributed by atoms with Gasteiger partial charge in [-0.25, -0.2) is 0 Å². The summed E-state index contributed by atoms with van der Waals surface area (Å²) in [6, 6.07) is 1.37. The van der Waals surface area contributed by atoms with Gasteiger partial charge in [0.15, 0.2) is 0 Å². The zero-order valence-electron chi connectivity index (χ0n) is 11.0. The highest BCUT2D eigenvalue weighted by Gasteiger charge is 2.29. The highest BCUT2D eigenvalue weighted by Crippen LogP contribution is 2.18. The van der Waals surface area contributed by atoms with Gasteiger partial charge in [0.25, 0.3) is 0 Å². The molecule has 0 saturated heterocycles. The number of nitrogens with one attached hydrogen (secondary N) is 1. The van der Waals surface area contributed by atoms with E-state index in [0.29, 0.717) is 6.54 Å². The molecule has 1 N–H and O–H groups in total. The summed E-state index contributed by atoms with van der Waals surface area (Å²) in [6.07, 6.45) is -4.38. The summed E-state index contributed by atoms with van der Waals surface area (Å²) < 4.78 is 36.0. The van der Waals surface area contributed by atoms with Gasteiger partial charge < -0.3 is 5.32 Å². The van der Waals surface area contributed by atoms with E-state index in [4.69, 9.17) is 0 Å². The van der Waals surface area contributed by atoms with Crippen molar-refractivity contribution in [3.8, 4) is 0 Å². The van der Waals surface area contributed by atoms with E-state index in [0.717, 1.165) is 10.4 Å². The molecule has 0 radical (unpaired) electrons. The van der Waals surface area contributed by atoms with Crippen molar-refractivity contribution in [1.82, 2.24) is 10.2 Å². The van der Waals surface area contributed by atoms with Gasteiger partial charge in [0, 0.05) is 11.4 Å². The largest absolute Gasteiger partial charge is 0.405 e. The van der Waals surface area contributed by atoms with Crippen molar-refractivity contribution >= 4 is 17.2 Å². The first kappa shape index (κ1) is 16.0. The number of alkyl halides is 3. The maximum Gasteiger partial charge on any atom is 0.405 e. The molecule has 0 aliphatic rings. The van der Waals surface area contributed by atoms with Crippen LogP contribution in [0.3, 0.4) is 0 Å². The van der Waals surface area contributed by atoms with Gasteiger partial charge in [0.1, 0.15) is 6.54 Å². The van der Waals surface area contributed by atoms with E-state index in [1.54, 1.807) is 30.2 Å². The summed E-state index contributed by atoms with van der Waals surface area (Å²) in [7, 11) is 1.72. The molecule has 108 valence electrons. The second-order valence-corrected chi connectivity index (χ2v) is 5.45. The zero-order valence-corrected chi connectivity index (χ0v) is 11.9. The van der Waals surface area contributed by atoms with Crippen LogP contribution in [-0.2, 0) is 11.3 Å². The Bertz CT molecular complexity index is 431.